The molecule has 0 unspecified atom stereocenters. The molecule has 0 bridgehead atoms. The summed E-state index contributed by atoms with van der Waals surface area (Å²) in [5.41, 5.74) is 7.68. The fourth-order valence-corrected chi connectivity index (χ4v) is 5.80. The summed E-state index contributed by atoms with van der Waals surface area (Å²) in [6.07, 6.45) is 0. The van der Waals surface area contributed by atoms with Crippen molar-refractivity contribution in [1.29, 1.82) is 0 Å². The molecule has 5 nitrogen and oxygen atoms in total. The molecule has 0 amide bonds. The van der Waals surface area contributed by atoms with Crippen LogP contribution in [0.1, 0.15) is 22.3 Å². The largest absolute Gasteiger partial charge is 0.351 e. The van der Waals surface area contributed by atoms with E-state index in [-0.39, 0.29) is 0 Å². The third-order valence-corrected chi connectivity index (χ3v) is 7.63. The van der Waals surface area contributed by atoms with Gasteiger partial charge >= 0.3 is 0 Å². The molecular formula is C35H27N5. The van der Waals surface area contributed by atoms with E-state index < -0.39 is 5.54 Å². The fraction of sp³-hybridized carbons (Fsp3) is 0.0571. The molecule has 2 aromatic heterocycles. The molecule has 5 aromatic carbocycles. The zero-order valence-corrected chi connectivity index (χ0v) is 22.1. The number of aromatic nitrogens is 5. The maximum atomic E-state index is 4.75. The first-order valence-electron chi connectivity index (χ1n) is 13.4. The zero-order valence-electron chi connectivity index (χ0n) is 22.1. The number of tetrazole rings is 1. The predicted octanol–water partition coefficient (Wildman–Crippen LogP) is 7.64. The molecule has 7 aromatic rings. The van der Waals surface area contributed by atoms with Crippen LogP contribution in [-0.4, -0.2) is 25.2 Å². The van der Waals surface area contributed by atoms with Crippen LogP contribution >= 0.6 is 0 Å². The van der Waals surface area contributed by atoms with E-state index in [2.05, 4.69) is 132 Å². The van der Waals surface area contributed by atoms with Gasteiger partial charge in [-0.1, -0.05) is 139 Å². The Labute approximate surface area is 232 Å². The molecule has 0 fully saturated rings. The van der Waals surface area contributed by atoms with Crippen molar-refractivity contribution in [1.82, 2.24) is 25.2 Å². The number of aromatic amines is 1. The zero-order chi connectivity index (χ0) is 26.9. The van der Waals surface area contributed by atoms with Crippen molar-refractivity contribution < 1.29 is 0 Å². The van der Waals surface area contributed by atoms with E-state index >= 15 is 0 Å². The smallest absolute Gasteiger partial charge is 0.200 e. The number of para-hydroxylation sites is 1. The Hall–Kier alpha value is -5.29. The Morgan fingerprint density at radius 1 is 0.600 bits per heavy atom. The number of aryl methyl sites for hydroxylation is 1. The summed E-state index contributed by atoms with van der Waals surface area (Å²) in [5.74, 6) is 0.656. The van der Waals surface area contributed by atoms with Crippen molar-refractivity contribution in [2.75, 3.05) is 0 Å². The molecule has 0 radical (unpaired) electrons. The van der Waals surface area contributed by atoms with E-state index in [1.54, 1.807) is 0 Å². The molecule has 7 rings (SSSR count). The van der Waals surface area contributed by atoms with Gasteiger partial charge < -0.3 is 4.98 Å². The number of nitrogens with zero attached hydrogens (tertiary/aromatic N) is 4. The highest BCUT2D eigenvalue weighted by Gasteiger charge is 2.42. The molecule has 2 heterocycles. The van der Waals surface area contributed by atoms with Crippen molar-refractivity contribution in [3.05, 3.63) is 162 Å². The number of fused-ring (bicyclic) bond motifs is 1. The van der Waals surface area contributed by atoms with Crippen molar-refractivity contribution in [2.45, 2.75) is 12.5 Å². The van der Waals surface area contributed by atoms with Gasteiger partial charge in [0.1, 0.15) is 5.54 Å². The van der Waals surface area contributed by atoms with Crippen LogP contribution in [-0.2, 0) is 5.54 Å². The molecule has 40 heavy (non-hydrogen) atoms. The van der Waals surface area contributed by atoms with E-state index in [4.69, 9.17) is 10.3 Å². The van der Waals surface area contributed by atoms with Crippen LogP contribution in [0.5, 0.6) is 0 Å². The van der Waals surface area contributed by atoms with Crippen LogP contribution in [0.25, 0.3) is 33.5 Å². The molecule has 5 heteroatoms. The van der Waals surface area contributed by atoms with Crippen LogP contribution in [0.15, 0.2) is 140 Å². The topological polar surface area (TPSA) is 59.4 Å². The second-order valence-corrected chi connectivity index (χ2v) is 10.0. The van der Waals surface area contributed by atoms with Crippen LogP contribution in [0.4, 0.5) is 0 Å². The summed E-state index contributed by atoms with van der Waals surface area (Å²) in [4.78, 5) is 3.68. The molecule has 192 valence electrons. The first kappa shape index (κ1) is 23.8. The Morgan fingerprint density at radius 2 is 1.12 bits per heavy atom. The van der Waals surface area contributed by atoms with Crippen molar-refractivity contribution in [3.63, 3.8) is 0 Å². The van der Waals surface area contributed by atoms with E-state index in [1.807, 2.05) is 28.9 Å². The highest BCUT2D eigenvalue weighted by Crippen LogP contribution is 2.44. The van der Waals surface area contributed by atoms with Crippen LogP contribution in [0.3, 0.4) is 0 Å². The molecule has 1 N–H and O–H groups in total. The Bertz CT molecular complexity index is 1790. The quantitative estimate of drug-likeness (QED) is 0.231. The highest BCUT2D eigenvalue weighted by molar-refractivity contribution is 6.03. The van der Waals surface area contributed by atoms with Gasteiger partial charge in [-0.15, -0.1) is 5.10 Å². The summed E-state index contributed by atoms with van der Waals surface area (Å²) in [6, 6.07) is 48.4. The molecule has 0 atom stereocenters. The highest BCUT2D eigenvalue weighted by atomic mass is 15.6. The lowest BCUT2D eigenvalue weighted by atomic mass is 9.77. The van der Waals surface area contributed by atoms with Gasteiger partial charge in [-0.25, -0.2) is 4.68 Å². The molecule has 0 aliphatic carbocycles. The standard InChI is InChI=1S/C35H27N5/c1-25-21-23-26(24-22-25)32-30-19-11-12-20-31(30)36-33(32)34-37-38-39-40(34)35(27-13-5-2-6-14-27,28-15-7-3-8-16-28)29-17-9-4-10-18-29/h2-24,36H,1H3. The minimum atomic E-state index is -0.829. The van der Waals surface area contributed by atoms with E-state index in [9.17, 15) is 0 Å². The minimum absolute atomic E-state index is 0.656. The second kappa shape index (κ2) is 9.79. The van der Waals surface area contributed by atoms with Gasteiger partial charge in [0.2, 0.25) is 5.82 Å². The lowest BCUT2D eigenvalue weighted by Gasteiger charge is -2.36. The van der Waals surface area contributed by atoms with Gasteiger partial charge in [0, 0.05) is 16.5 Å². The number of nitrogens with one attached hydrogen (secondary N) is 1. The lowest BCUT2D eigenvalue weighted by molar-refractivity contribution is 0.451. The first-order valence-corrected chi connectivity index (χ1v) is 13.4. The number of hydrogen-bond donors (Lipinski definition) is 1. The molecule has 0 aliphatic heterocycles. The monoisotopic (exact) mass is 517 g/mol. The Kier molecular flexibility index (Phi) is 5.82. The summed E-state index contributed by atoms with van der Waals surface area (Å²) >= 11 is 0. The number of rotatable bonds is 6. The van der Waals surface area contributed by atoms with Gasteiger partial charge in [-0.05, 0) is 45.7 Å². The minimum Gasteiger partial charge on any atom is -0.351 e. The summed E-state index contributed by atoms with van der Waals surface area (Å²) in [7, 11) is 0. The predicted molar refractivity (Wildman–Crippen MR) is 160 cm³/mol. The molecule has 0 saturated heterocycles. The Morgan fingerprint density at radius 3 is 1.70 bits per heavy atom. The van der Waals surface area contributed by atoms with Crippen LogP contribution in [0.2, 0.25) is 0 Å². The Balaban J connectivity index is 1.59. The second-order valence-electron chi connectivity index (χ2n) is 10.0. The fourth-order valence-electron chi connectivity index (χ4n) is 5.80. The van der Waals surface area contributed by atoms with Crippen LogP contribution < -0.4 is 0 Å². The van der Waals surface area contributed by atoms with Crippen LogP contribution in [0, 0.1) is 6.92 Å². The summed E-state index contributed by atoms with van der Waals surface area (Å²) in [5, 5.41) is 14.9. The number of benzene rings is 5. The lowest BCUT2D eigenvalue weighted by Crippen LogP contribution is -2.39. The van der Waals surface area contributed by atoms with Crippen molar-refractivity contribution in [3.8, 4) is 22.6 Å². The number of hydrogen-bond acceptors (Lipinski definition) is 3. The van der Waals surface area contributed by atoms with Crippen molar-refractivity contribution in [2.24, 2.45) is 0 Å². The van der Waals surface area contributed by atoms with Gasteiger partial charge in [0.05, 0.1) is 5.69 Å². The molecule has 0 aliphatic rings. The third kappa shape index (κ3) is 3.75. The van der Waals surface area contributed by atoms with Gasteiger partial charge in [-0.2, -0.15) is 0 Å². The first-order chi connectivity index (χ1) is 19.8. The molecule has 0 saturated carbocycles. The summed E-state index contributed by atoms with van der Waals surface area (Å²) < 4.78 is 1.98. The van der Waals surface area contributed by atoms with E-state index in [0.29, 0.717) is 5.82 Å². The molecular weight excluding hydrogens is 490 g/mol. The SMILES string of the molecule is Cc1ccc(-c2c(-c3nnnn3C(c3ccccc3)(c3ccccc3)c3ccccc3)[nH]c3ccccc23)cc1. The maximum absolute atomic E-state index is 4.75. The van der Waals surface area contributed by atoms with Crippen molar-refractivity contribution >= 4 is 10.9 Å². The average molecular weight is 518 g/mol. The van der Waals surface area contributed by atoms with Gasteiger partial charge in [-0.3, -0.25) is 0 Å². The third-order valence-electron chi connectivity index (χ3n) is 7.63. The summed E-state index contributed by atoms with van der Waals surface area (Å²) in [6.45, 7) is 2.11. The number of H-pyrrole nitrogens is 1. The van der Waals surface area contributed by atoms with E-state index in [1.165, 1.54) is 5.56 Å². The average Bonchev–Trinajstić information content (AvgIpc) is 3.65. The van der Waals surface area contributed by atoms with Gasteiger partial charge in [0.25, 0.3) is 0 Å². The normalized spacial score (nSPS) is 11.6. The maximum Gasteiger partial charge on any atom is 0.200 e. The molecule has 0 spiro atoms. The van der Waals surface area contributed by atoms with Gasteiger partial charge in [0.15, 0.2) is 0 Å². The van der Waals surface area contributed by atoms with E-state index in [0.717, 1.165) is 44.4 Å².